The molecule has 0 fully saturated rings. The van der Waals surface area contributed by atoms with Gasteiger partial charge in [-0.2, -0.15) is 0 Å². The minimum Gasteiger partial charge on any atom is -0.345 e. The van der Waals surface area contributed by atoms with Crippen molar-refractivity contribution < 1.29 is 0 Å². The van der Waals surface area contributed by atoms with E-state index in [0.29, 0.717) is 0 Å². The number of nitrogens with zero attached hydrogens (tertiary/aromatic N) is 3. The van der Waals surface area contributed by atoms with Gasteiger partial charge in [-0.25, -0.2) is 4.98 Å². The van der Waals surface area contributed by atoms with Gasteiger partial charge in [0.25, 0.3) is 0 Å². The lowest BCUT2D eigenvalue weighted by atomic mass is 10.0. The first kappa shape index (κ1) is 14.3. The molecule has 0 saturated heterocycles. The zero-order valence-electron chi connectivity index (χ0n) is 13.5. The molecule has 0 aliphatic heterocycles. The van der Waals surface area contributed by atoms with E-state index >= 15 is 0 Å². The Morgan fingerprint density at radius 1 is 0.960 bits per heavy atom. The first-order chi connectivity index (χ1) is 12.3. The van der Waals surface area contributed by atoms with Crippen LogP contribution in [0.3, 0.4) is 0 Å². The third-order valence-electron chi connectivity index (χ3n) is 4.47. The largest absolute Gasteiger partial charge is 0.345 e. The number of pyridine rings is 3. The van der Waals surface area contributed by atoms with Gasteiger partial charge in [-0.05, 0) is 42.1 Å². The summed E-state index contributed by atoms with van der Waals surface area (Å²) in [6.07, 6.45) is 11.4. The highest BCUT2D eigenvalue weighted by Gasteiger charge is 2.12. The summed E-state index contributed by atoms with van der Waals surface area (Å²) >= 11 is 1.75. The van der Waals surface area contributed by atoms with Crippen molar-refractivity contribution in [3.8, 4) is 21.6 Å². The van der Waals surface area contributed by atoms with Crippen LogP contribution in [0.25, 0.3) is 42.7 Å². The number of hydrogen-bond acceptors (Lipinski definition) is 4. The van der Waals surface area contributed by atoms with Crippen molar-refractivity contribution >= 4 is 32.5 Å². The molecule has 0 saturated carbocycles. The molecular weight excluding hydrogens is 328 g/mol. The molecule has 5 aromatic rings. The van der Waals surface area contributed by atoms with Gasteiger partial charge in [-0.1, -0.05) is 0 Å². The van der Waals surface area contributed by atoms with Crippen LogP contribution >= 0.6 is 11.3 Å². The Bertz CT molecular complexity index is 1190. The van der Waals surface area contributed by atoms with Crippen molar-refractivity contribution in [1.82, 2.24) is 19.9 Å². The molecular formula is C20H14N4S. The van der Waals surface area contributed by atoms with E-state index in [-0.39, 0.29) is 0 Å². The molecule has 0 unspecified atom stereocenters. The average molecular weight is 342 g/mol. The third-order valence-corrected chi connectivity index (χ3v) is 5.59. The number of aromatic nitrogens is 4. The Balaban J connectivity index is 1.71. The van der Waals surface area contributed by atoms with E-state index in [4.69, 9.17) is 0 Å². The van der Waals surface area contributed by atoms with Gasteiger partial charge in [-0.3, -0.25) is 9.97 Å². The minimum absolute atomic E-state index is 0.899. The zero-order valence-corrected chi connectivity index (χ0v) is 14.3. The van der Waals surface area contributed by atoms with Crippen LogP contribution in [-0.2, 0) is 0 Å². The molecule has 5 aromatic heterocycles. The molecule has 0 aromatic carbocycles. The van der Waals surface area contributed by atoms with Crippen LogP contribution < -0.4 is 0 Å². The first-order valence-electron chi connectivity index (χ1n) is 8.01. The number of fused-ring (bicyclic) bond motifs is 2. The molecule has 0 spiro atoms. The van der Waals surface area contributed by atoms with Crippen molar-refractivity contribution in [3.63, 3.8) is 0 Å². The summed E-state index contributed by atoms with van der Waals surface area (Å²) < 4.78 is 1.19. The second-order valence-corrected chi connectivity index (χ2v) is 7.12. The molecule has 5 heterocycles. The SMILES string of the molecule is Cc1ccncc1-c1cnc2[nH]cc(-c3cc4ccncc4s3)c2c1. The molecule has 5 heteroatoms. The molecule has 4 nitrogen and oxygen atoms in total. The number of aryl methyl sites for hydroxylation is 1. The van der Waals surface area contributed by atoms with Crippen molar-refractivity contribution in [2.75, 3.05) is 0 Å². The summed E-state index contributed by atoms with van der Waals surface area (Å²) in [7, 11) is 0. The summed E-state index contributed by atoms with van der Waals surface area (Å²) in [5, 5.41) is 2.34. The monoisotopic (exact) mass is 342 g/mol. The van der Waals surface area contributed by atoms with Gasteiger partial charge in [0.1, 0.15) is 5.65 Å². The van der Waals surface area contributed by atoms with Gasteiger partial charge >= 0.3 is 0 Å². The number of aromatic amines is 1. The topological polar surface area (TPSA) is 54.5 Å². The standard InChI is InChI=1S/C20H14N4S/c1-12-2-4-21-9-16(12)14-6-15-17(10-24-20(15)23-8-14)18-7-13-3-5-22-11-19(13)25-18/h2-11H,1H3,(H,23,24). The van der Waals surface area contributed by atoms with Crippen LogP contribution in [0, 0.1) is 6.92 Å². The van der Waals surface area contributed by atoms with E-state index in [1.54, 1.807) is 11.3 Å². The third kappa shape index (κ3) is 2.32. The van der Waals surface area contributed by atoms with Crippen LogP contribution in [0.2, 0.25) is 0 Å². The fourth-order valence-corrected chi connectivity index (χ4v) is 4.20. The van der Waals surface area contributed by atoms with Gasteiger partial charge in [0.15, 0.2) is 0 Å². The van der Waals surface area contributed by atoms with Crippen LogP contribution in [0.15, 0.2) is 61.4 Å². The Hall–Kier alpha value is -3.05. The summed E-state index contributed by atoms with van der Waals surface area (Å²) in [5.74, 6) is 0. The molecule has 0 amide bonds. The Morgan fingerprint density at radius 2 is 1.84 bits per heavy atom. The predicted molar refractivity (Wildman–Crippen MR) is 103 cm³/mol. The molecule has 0 atom stereocenters. The van der Waals surface area contributed by atoms with Gasteiger partial charge in [0.2, 0.25) is 0 Å². The maximum absolute atomic E-state index is 4.61. The highest BCUT2D eigenvalue weighted by molar-refractivity contribution is 7.22. The maximum Gasteiger partial charge on any atom is 0.137 e. The lowest BCUT2D eigenvalue weighted by molar-refractivity contribution is 1.27. The van der Waals surface area contributed by atoms with Crippen molar-refractivity contribution in [1.29, 1.82) is 0 Å². The second kappa shape index (κ2) is 5.50. The van der Waals surface area contributed by atoms with E-state index in [1.165, 1.54) is 26.1 Å². The Kier molecular flexibility index (Phi) is 3.15. The fraction of sp³-hybridized carbons (Fsp3) is 0.0500. The summed E-state index contributed by atoms with van der Waals surface area (Å²) in [5.41, 5.74) is 5.47. The molecule has 120 valence electrons. The molecule has 0 radical (unpaired) electrons. The zero-order chi connectivity index (χ0) is 16.8. The van der Waals surface area contributed by atoms with Crippen LogP contribution in [0.1, 0.15) is 5.56 Å². The van der Waals surface area contributed by atoms with E-state index in [9.17, 15) is 0 Å². The summed E-state index contributed by atoms with van der Waals surface area (Å²) in [6.45, 7) is 2.10. The highest BCUT2D eigenvalue weighted by atomic mass is 32.1. The number of nitrogens with one attached hydrogen (secondary N) is 1. The number of H-pyrrole nitrogens is 1. The van der Waals surface area contributed by atoms with E-state index in [1.807, 2.05) is 49.3 Å². The molecule has 0 aliphatic carbocycles. The quantitative estimate of drug-likeness (QED) is 0.479. The Labute approximate surface area is 148 Å². The van der Waals surface area contributed by atoms with Crippen molar-refractivity contribution in [3.05, 3.63) is 67.0 Å². The van der Waals surface area contributed by atoms with E-state index in [0.717, 1.165) is 22.2 Å². The summed E-state index contributed by atoms with van der Waals surface area (Å²) in [6, 6.07) is 8.48. The van der Waals surface area contributed by atoms with Crippen molar-refractivity contribution in [2.45, 2.75) is 6.92 Å². The molecule has 5 rings (SSSR count). The normalized spacial score (nSPS) is 11.4. The Morgan fingerprint density at radius 3 is 2.72 bits per heavy atom. The summed E-state index contributed by atoms with van der Waals surface area (Å²) in [4.78, 5) is 17.6. The maximum atomic E-state index is 4.61. The highest BCUT2D eigenvalue weighted by Crippen LogP contribution is 2.37. The number of hydrogen-bond donors (Lipinski definition) is 1. The minimum atomic E-state index is 0.899. The van der Waals surface area contributed by atoms with E-state index in [2.05, 4.69) is 39.0 Å². The van der Waals surface area contributed by atoms with Crippen LogP contribution in [0.5, 0.6) is 0 Å². The van der Waals surface area contributed by atoms with Gasteiger partial charge in [-0.15, -0.1) is 11.3 Å². The molecule has 0 aliphatic rings. The van der Waals surface area contributed by atoms with E-state index < -0.39 is 0 Å². The fourth-order valence-electron chi connectivity index (χ4n) is 3.14. The lowest BCUT2D eigenvalue weighted by Gasteiger charge is -2.05. The average Bonchev–Trinajstić information content (AvgIpc) is 3.25. The second-order valence-electron chi connectivity index (χ2n) is 6.04. The predicted octanol–water partition coefficient (Wildman–Crippen LogP) is 5.21. The number of rotatable bonds is 2. The molecule has 1 N–H and O–H groups in total. The van der Waals surface area contributed by atoms with Gasteiger partial charge in [0.05, 0.1) is 4.70 Å². The molecule has 25 heavy (non-hydrogen) atoms. The first-order valence-corrected chi connectivity index (χ1v) is 8.83. The van der Waals surface area contributed by atoms with Gasteiger partial charge < -0.3 is 4.98 Å². The van der Waals surface area contributed by atoms with Crippen molar-refractivity contribution in [2.24, 2.45) is 0 Å². The van der Waals surface area contributed by atoms with Crippen LogP contribution in [0.4, 0.5) is 0 Å². The number of thiophene rings is 1. The van der Waals surface area contributed by atoms with Gasteiger partial charge in [0, 0.05) is 64.1 Å². The van der Waals surface area contributed by atoms with Crippen LogP contribution in [-0.4, -0.2) is 19.9 Å². The lowest BCUT2D eigenvalue weighted by Crippen LogP contribution is -1.86. The smallest absolute Gasteiger partial charge is 0.137 e. The molecule has 0 bridgehead atoms.